The first kappa shape index (κ1) is 21.0. The fourth-order valence-electron chi connectivity index (χ4n) is 2.92. The second-order valence-electron chi connectivity index (χ2n) is 6.72. The summed E-state index contributed by atoms with van der Waals surface area (Å²) < 4.78 is 2.55. The minimum Gasteiger partial charge on any atom is -0.315 e. The molecule has 1 saturated heterocycles. The van der Waals surface area contributed by atoms with Gasteiger partial charge in [-0.25, -0.2) is 9.97 Å². The normalized spacial score (nSPS) is 15.4. The van der Waals surface area contributed by atoms with Gasteiger partial charge in [-0.15, -0.1) is 0 Å². The van der Waals surface area contributed by atoms with Gasteiger partial charge < -0.3 is 10.6 Å². The summed E-state index contributed by atoms with van der Waals surface area (Å²) in [5.74, 6) is 1.64. The molecule has 1 aliphatic rings. The van der Waals surface area contributed by atoms with Crippen LogP contribution in [0.2, 0.25) is 0 Å². The number of nitrogens with zero attached hydrogens (tertiary/aromatic N) is 3. The highest BCUT2D eigenvalue weighted by atomic mass is 79.9. The summed E-state index contributed by atoms with van der Waals surface area (Å²) in [6, 6.07) is 1.79. The van der Waals surface area contributed by atoms with Gasteiger partial charge in [0.2, 0.25) is 0 Å². The van der Waals surface area contributed by atoms with Crippen LogP contribution in [0.4, 0.5) is 0 Å². The molecule has 0 bridgehead atoms. The smallest absolute Gasteiger partial charge is 0.263 e. The van der Waals surface area contributed by atoms with Crippen LogP contribution in [0.5, 0.6) is 0 Å². The fourth-order valence-corrected chi connectivity index (χ4v) is 3.25. The molecule has 1 fully saturated rings. The van der Waals surface area contributed by atoms with Gasteiger partial charge >= 0.3 is 0 Å². The zero-order valence-electron chi connectivity index (χ0n) is 16.0. The minimum absolute atomic E-state index is 0.00223. The minimum atomic E-state index is 0.00223. The Morgan fingerprint density at radius 2 is 1.96 bits per heavy atom. The Morgan fingerprint density at radius 1 is 1.27 bits per heavy atom. The van der Waals surface area contributed by atoms with E-state index in [1.165, 1.54) is 13.1 Å². The second-order valence-corrected chi connectivity index (χ2v) is 7.63. The predicted octanol–water partition coefficient (Wildman–Crippen LogP) is 2.73. The number of pyridine rings is 1. The Kier molecular flexibility index (Phi) is 8.68. The van der Waals surface area contributed by atoms with Crippen LogP contribution in [-0.4, -0.2) is 40.7 Å². The highest BCUT2D eigenvalue weighted by molar-refractivity contribution is 9.10. The molecule has 3 rings (SSSR count). The number of aromatic nitrogens is 3. The average molecular weight is 424 g/mol. The van der Waals surface area contributed by atoms with Gasteiger partial charge in [-0.3, -0.25) is 9.36 Å². The SMILES string of the molecule is CC1CNCCNC1.CCCCc1nc2ncc(Br)cc2c(=O)n1CC. The van der Waals surface area contributed by atoms with Crippen LogP contribution in [0.3, 0.4) is 0 Å². The van der Waals surface area contributed by atoms with Crippen LogP contribution in [0.25, 0.3) is 11.0 Å². The van der Waals surface area contributed by atoms with Crippen LogP contribution >= 0.6 is 15.9 Å². The van der Waals surface area contributed by atoms with Crippen molar-refractivity contribution in [2.24, 2.45) is 5.92 Å². The van der Waals surface area contributed by atoms with E-state index in [0.717, 1.165) is 48.6 Å². The first-order valence-corrected chi connectivity index (χ1v) is 10.3. The predicted molar refractivity (Wildman–Crippen MR) is 111 cm³/mol. The molecule has 2 aromatic heterocycles. The molecule has 0 saturated carbocycles. The first-order chi connectivity index (χ1) is 12.6. The number of hydrogen-bond donors (Lipinski definition) is 2. The molecule has 0 unspecified atom stereocenters. The molecular weight excluding hydrogens is 394 g/mol. The number of hydrogen-bond acceptors (Lipinski definition) is 5. The molecule has 0 radical (unpaired) electrons. The van der Waals surface area contributed by atoms with Crippen molar-refractivity contribution in [1.82, 2.24) is 25.2 Å². The van der Waals surface area contributed by atoms with E-state index in [0.29, 0.717) is 17.6 Å². The van der Waals surface area contributed by atoms with Gasteiger partial charge in [0.25, 0.3) is 5.56 Å². The molecule has 7 heteroatoms. The number of fused-ring (bicyclic) bond motifs is 1. The van der Waals surface area contributed by atoms with Crippen molar-refractivity contribution >= 4 is 27.0 Å². The van der Waals surface area contributed by atoms with Crippen molar-refractivity contribution in [3.8, 4) is 0 Å². The van der Waals surface area contributed by atoms with E-state index in [-0.39, 0.29) is 5.56 Å². The monoisotopic (exact) mass is 423 g/mol. The summed E-state index contributed by atoms with van der Waals surface area (Å²) in [5.41, 5.74) is 0.543. The van der Waals surface area contributed by atoms with E-state index in [2.05, 4.69) is 50.4 Å². The van der Waals surface area contributed by atoms with Crippen molar-refractivity contribution in [3.05, 3.63) is 32.9 Å². The molecule has 144 valence electrons. The zero-order valence-corrected chi connectivity index (χ0v) is 17.6. The summed E-state index contributed by atoms with van der Waals surface area (Å²) >= 11 is 3.34. The molecule has 2 N–H and O–H groups in total. The van der Waals surface area contributed by atoms with Crippen molar-refractivity contribution in [1.29, 1.82) is 0 Å². The summed E-state index contributed by atoms with van der Waals surface area (Å²) in [7, 11) is 0. The van der Waals surface area contributed by atoms with Crippen LogP contribution < -0.4 is 16.2 Å². The maximum absolute atomic E-state index is 12.4. The lowest BCUT2D eigenvalue weighted by Crippen LogP contribution is -2.25. The second kappa shape index (κ2) is 10.7. The van der Waals surface area contributed by atoms with Gasteiger partial charge in [-0.1, -0.05) is 20.3 Å². The van der Waals surface area contributed by atoms with E-state index in [1.54, 1.807) is 16.8 Å². The third kappa shape index (κ3) is 5.86. The van der Waals surface area contributed by atoms with Crippen molar-refractivity contribution in [2.75, 3.05) is 26.2 Å². The summed E-state index contributed by atoms with van der Waals surface area (Å²) in [6.45, 7) is 11.6. The summed E-state index contributed by atoms with van der Waals surface area (Å²) in [4.78, 5) is 21.1. The zero-order chi connectivity index (χ0) is 18.9. The van der Waals surface area contributed by atoms with E-state index in [4.69, 9.17) is 0 Å². The largest absolute Gasteiger partial charge is 0.315 e. The van der Waals surface area contributed by atoms with Gasteiger partial charge in [-0.05, 0) is 54.3 Å². The molecule has 0 amide bonds. The van der Waals surface area contributed by atoms with E-state index in [1.807, 2.05) is 6.92 Å². The van der Waals surface area contributed by atoms with Gasteiger partial charge in [0.05, 0.1) is 5.39 Å². The number of aryl methyl sites for hydroxylation is 1. The highest BCUT2D eigenvalue weighted by Gasteiger charge is 2.10. The van der Waals surface area contributed by atoms with Crippen molar-refractivity contribution < 1.29 is 0 Å². The number of nitrogens with one attached hydrogen (secondary N) is 2. The molecule has 1 aliphatic heterocycles. The van der Waals surface area contributed by atoms with Gasteiger partial charge in [0, 0.05) is 36.7 Å². The Labute approximate surface area is 163 Å². The molecular formula is C19H30BrN5O. The lowest BCUT2D eigenvalue weighted by atomic mass is 10.2. The lowest BCUT2D eigenvalue weighted by molar-refractivity contribution is 0.545. The standard InChI is InChI=1S/C13H16BrN3O.C6H14N2/c1-3-5-6-11-16-12-10(7-9(14)8-15-12)13(18)17(11)4-2;1-6-4-7-2-3-8-5-6/h7-8H,3-6H2,1-2H3;6-8H,2-5H2,1H3. The number of rotatable bonds is 4. The molecule has 0 spiro atoms. The number of halogens is 1. The van der Waals surface area contributed by atoms with Crippen molar-refractivity contribution in [3.63, 3.8) is 0 Å². The van der Waals surface area contributed by atoms with Crippen LogP contribution in [0.1, 0.15) is 39.4 Å². The third-order valence-corrected chi connectivity index (χ3v) is 4.82. The maximum atomic E-state index is 12.4. The lowest BCUT2D eigenvalue weighted by Gasteiger charge is -2.10. The quantitative estimate of drug-likeness (QED) is 0.790. The van der Waals surface area contributed by atoms with Crippen LogP contribution in [0, 0.1) is 5.92 Å². The average Bonchev–Trinajstić information content (AvgIpc) is 2.89. The Balaban J connectivity index is 0.000000254. The van der Waals surface area contributed by atoms with Gasteiger partial charge in [0.15, 0.2) is 5.65 Å². The summed E-state index contributed by atoms with van der Waals surface area (Å²) in [5, 5.41) is 7.24. The van der Waals surface area contributed by atoms with Gasteiger partial charge in [-0.2, -0.15) is 0 Å². The molecule has 0 atom stereocenters. The van der Waals surface area contributed by atoms with E-state index >= 15 is 0 Å². The number of unbranched alkanes of at least 4 members (excludes halogenated alkanes) is 1. The molecule has 0 aromatic carbocycles. The summed E-state index contributed by atoms with van der Waals surface area (Å²) in [6.07, 6.45) is 4.63. The Morgan fingerprint density at radius 3 is 2.58 bits per heavy atom. The molecule has 2 aromatic rings. The molecule has 26 heavy (non-hydrogen) atoms. The Bertz CT molecular complexity index is 753. The third-order valence-electron chi connectivity index (χ3n) is 4.39. The van der Waals surface area contributed by atoms with Crippen LogP contribution in [-0.2, 0) is 13.0 Å². The first-order valence-electron chi connectivity index (χ1n) is 9.53. The van der Waals surface area contributed by atoms with Crippen LogP contribution in [0.15, 0.2) is 21.5 Å². The molecule has 0 aliphatic carbocycles. The Hall–Kier alpha value is -1.31. The van der Waals surface area contributed by atoms with E-state index < -0.39 is 0 Å². The topological polar surface area (TPSA) is 71.8 Å². The fraction of sp³-hybridized carbons (Fsp3) is 0.632. The molecule has 3 heterocycles. The maximum Gasteiger partial charge on any atom is 0.263 e. The molecule has 6 nitrogen and oxygen atoms in total. The van der Waals surface area contributed by atoms with Crippen molar-refractivity contribution in [2.45, 2.75) is 46.6 Å². The van der Waals surface area contributed by atoms with E-state index in [9.17, 15) is 4.79 Å². The highest BCUT2D eigenvalue weighted by Crippen LogP contribution is 2.14. The van der Waals surface area contributed by atoms with Gasteiger partial charge in [0.1, 0.15) is 5.82 Å².